The Kier molecular flexibility index (Phi) is 6.08. The Morgan fingerprint density at radius 3 is 2.48 bits per heavy atom. The molecule has 4 nitrogen and oxygen atoms in total. The van der Waals surface area contributed by atoms with Crippen LogP contribution in [0.3, 0.4) is 0 Å². The number of nitrogens with one attached hydrogen (secondary N) is 2. The summed E-state index contributed by atoms with van der Waals surface area (Å²) in [5.41, 5.74) is -0.109. The zero-order valence-electron chi connectivity index (χ0n) is 13.2. The molecule has 0 fully saturated rings. The maximum atomic E-state index is 12.7. The number of anilines is 1. The van der Waals surface area contributed by atoms with Crippen molar-refractivity contribution in [3.63, 3.8) is 0 Å². The molecule has 2 aromatic rings. The molecular formula is C17H15F3N2O2S. The maximum Gasteiger partial charge on any atom is 0.416 e. The minimum atomic E-state index is -4.43. The van der Waals surface area contributed by atoms with E-state index in [-0.39, 0.29) is 11.7 Å². The summed E-state index contributed by atoms with van der Waals surface area (Å²) in [4.78, 5) is 24.1. The summed E-state index contributed by atoms with van der Waals surface area (Å²) in [5.74, 6) is -0.844. The predicted octanol–water partition coefficient (Wildman–Crippen LogP) is 3.80. The van der Waals surface area contributed by atoms with Crippen molar-refractivity contribution in [1.82, 2.24) is 5.32 Å². The fraction of sp³-hybridized carbons (Fsp3) is 0.176. The molecule has 0 bridgehead atoms. The summed E-state index contributed by atoms with van der Waals surface area (Å²) in [7, 11) is 1.48. The van der Waals surface area contributed by atoms with Gasteiger partial charge < -0.3 is 10.6 Å². The van der Waals surface area contributed by atoms with Gasteiger partial charge in [0.05, 0.1) is 22.6 Å². The number of hydrogen-bond acceptors (Lipinski definition) is 3. The van der Waals surface area contributed by atoms with Crippen molar-refractivity contribution in [2.75, 3.05) is 18.1 Å². The van der Waals surface area contributed by atoms with Gasteiger partial charge in [0.15, 0.2) is 0 Å². The van der Waals surface area contributed by atoms with Gasteiger partial charge in [0, 0.05) is 11.9 Å². The molecule has 0 aliphatic heterocycles. The fourth-order valence-electron chi connectivity index (χ4n) is 2.02. The van der Waals surface area contributed by atoms with Crippen molar-refractivity contribution < 1.29 is 22.8 Å². The van der Waals surface area contributed by atoms with Crippen LogP contribution in [0.25, 0.3) is 0 Å². The Morgan fingerprint density at radius 2 is 1.80 bits per heavy atom. The number of benzene rings is 2. The fourth-order valence-corrected chi connectivity index (χ4v) is 2.78. The van der Waals surface area contributed by atoms with E-state index in [9.17, 15) is 22.8 Å². The molecule has 25 heavy (non-hydrogen) atoms. The average Bonchev–Trinajstić information content (AvgIpc) is 2.59. The van der Waals surface area contributed by atoms with Crippen molar-refractivity contribution >= 4 is 29.3 Å². The lowest BCUT2D eigenvalue weighted by Gasteiger charge is -2.11. The second-order valence-corrected chi connectivity index (χ2v) is 6.04. The molecule has 2 amide bonds. The first-order valence-corrected chi connectivity index (χ1v) is 8.21. The SMILES string of the molecule is CNC(=O)c1ccccc1NC(=O)CSc1cccc(C(F)(F)F)c1. The molecule has 0 aromatic heterocycles. The van der Waals surface area contributed by atoms with Gasteiger partial charge in [-0.2, -0.15) is 13.2 Å². The number of para-hydroxylation sites is 1. The van der Waals surface area contributed by atoms with Crippen LogP contribution >= 0.6 is 11.8 Å². The van der Waals surface area contributed by atoms with Gasteiger partial charge >= 0.3 is 6.18 Å². The Labute approximate surface area is 146 Å². The Hall–Kier alpha value is -2.48. The zero-order chi connectivity index (χ0) is 18.4. The van der Waals surface area contributed by atoms with E-state index < -0.39 is 17.6 Å². The van der Waals surface area contributed by atoms with E-state index in [2.05, 4.69) is 10.6 Å². The van der Waals surface area contributed by atoms with Crippen LogP contribution in [0.5, 0.6) is 0 Å². The van der Waals surface area contributed by atoms with E-state index in [0.29, 0.717) is 16.1 Å². The molecule has 0 atom stereocenters. The van der Waals surface area contributed by atoms with Crippen LogP contribution in [0.15, 0.2) is 53.4 Å². The highest BCUT2D eigenvalue weighted by molar-refractivity contribution is 8.00. The third kappa shape index (κ3) is 5.25. The lowest BCUT2D eigenvalue weighted by Crippen LogP contribution is -2.22. The van der Waals surface area contributed by atoms with Gasteiger partial charge in [-0.15, -0.1) is 11.8 Å². The molecule has 0 spiro atoms. The predicted molar refractivity (Wildman–Crippen MR) is 90.6 cm³/mol. The first-order valence-electron chi connectivity index (χ1n) is 7.22. The lowest BCUT2D eigenvalue weighted by molar-refractivity contribution is -0.137. The number of rotatable bonds is 5. The van der Waals surface area contributed by atoms with E-state index in [1.54, 1.807) is 24.3 Å². The summed E-state index contributed by atoms with van der Waals surface area (Å²) in [5, 5.41) is 5.07. The number of halogens is 3. The van der Waals surface area contributed by atoms with E-state index in [4.69, 9.17) is 0 Å². The third-order valence-electron chi connectivity index (χ3n) is 3.20. The van der Waals surface area contributed by atoms with Crippen LogP contribution in [-0.4, -0.2) is 24.6 Å². The van der Waals surface area contributed by atoms with Gasteiger partial charge in [0.1, 0.15) is 0 Å². The van der Waals surface area contributed by atoms with Gasteiger partial charge in [-0.05, 0) is 30.3 Å². The molecule has 132 valence electrons. The average molecular weight is 368 g/mol. The number of amides is 2. The highest BCUT2D eigenvalue weighted by atomic mass is 32.2. The molecule has 0 saturated carbocycles. The molecule has 0 unspecified atom stereocenters. The molecule has 2 rings (SSSR count). The monoisotopic (exact) mass is 368 g/mol. The lowest BCUT2D eigenvalue weighted by atomic mass is 10.1. The molecule has 0 aliphatic rings. The second-order valence-electron chi connectivity index (χ2n) is 4.99. The first kappa shape index (κ1) is 18.9. The van der Waals surface area contributed by atoms with Gasteiger partial charge in [-0.25, -0.2) is 0 Å². The van der Waals surface area contributed by atoms with Gasteiger partial charge in [-0.3, -0.25) is 9.59 Å². The summed E-state index contributed by atoms with van der Waals surface area (Å²) in [6, 6.07) is 11.3. The summed E-state index contributed by atoms with van der Waals surface area (Å²) < 4.78 is 38.0. The van der Waals surface area contributed by atoms with Crippen LogP contribution in [0, 0.1) is 0 Å². The number of alkyl halides is 3. The van der Waals surface area contributed by atoms with Crippen molar-refractivity contribution in [3.8, 4) is 0 Å². The van der Waals surface area contributed by atoms with E-state index in [1.807, 2.05) is 0 Å². The van der Waals surface area contributed by atoms with E-state index >= 15 is 0 Å². The van der Waals surface area contributed by atoms with Crippen LogP contribution < -0.4 is 10.6 Å². The van der Waals surface area contributed by atoms with Crippen molar-refractivity contribution in [2.45, 2.75) is 11.1 Å². The number of carbonyl (C=O) groups excluding carboxylic acids is 2. The number of thioether (sulfide) groups is 1. The largest absolute Gasteiger partial charge is 0.416 e. The van der Waals surface area contributed by atoms with Crippen molar-refractivity contribution in [1.29, 1.82) is 0 Å². The summed E-state index contributed by atoms with van der Waals surface area (Å²) >= 11 is 0.985. The number of carbonyl (C=O) groups is 2. The van der Waals surface area contributed by atoms with E-state index in [0.717, 1.165) is 23.9 Å². The summed E-state index contributed by atoms with van der Waals surface area (Å²) in [6.07, 6.45) is -4.43. The quantitative estimate of drug-likeness (QED) is 0.790. The molecule has 0 saturated heterocycles. The third-order valence-corrected chi connectivity index (χ3v) is 4.20. The normalized spacial score (nSPS) is 11.0. The minimum absolute atomic E-state index is 0.0800. The zero-order valence-corrected chi connectivity index (χ0v) is 14.0. The molecule has 2 N–H and O–H groups in total. The van der Waals surface area contributed by atoms with Gasteiger partial charge in [0.25, 0.3) is 5.91 Å². The standard InChI is InChI=1S/C17H15F3N2O2S/c1-21-16(24)13-7-2-3-8-14(13)22-15(23)10-25-12-6-4-5-11(9-12)17(18,19)20/h2-9H,10H2,1H3,(H,21,24)(H,22,23). The minimum Gasteiger partial charge on any atom is -0.355 e. The number of hydrogen-bond donors (Lipinski definition) is 2. The Balaban J connectivity index is 2.02. The molecule has 8 heteroatoms. The smallest absolute Gasteiger partial charge is 0.355 e. The first-order chi connectivity index (χ1) is 11.8. The van der Waals surface area contributed by atoms with Crippen LogP contribution in [0.4, 0.5) is 18.9 Å². The molecular weight excluding hydrogens is 353 g/mol. The van der Waals surface area contributed by atoms with Crippen LogP contribution in [0.2, 0.25) is 0 Å². The molecule has 2 aromatic carbocycles. The Morgan fingerprint density at radius 1 is 1.08 bits per heavy atom. The summed E-state index contributed by atoms with van der Waals surface area (Å²) in [6.45, 7) is 0. The van der Waals surface area contributed by atoms with E-state index in [1.165, 1.54) is 19.2 Å². The topological polar surface area (TPSA) is 58.2 Å². The van der Waals surface area contributed by atoms with Gasteiger partial charge in [-0.1, -0.05) is 18.2 Å². The molecule has 0 radical (unpaired) electrons. The van der Waals surface area contributed by atoms with Crippen LogP contribution in [-0.2, 0) is 11.0 Å². The molecule has 0 heterocycles. The Bertz CT molecular complexity index is 778. The van der Waals surface area contributed by atoms with Gasteiger partial charge in [0.2, 0.25) is 5.91 Å². The van der Waals surface area contributed by atoms with Crippen molar-refractivity contribution in [3.05, 3.63) is 59.7 Å². The second kappa shape index (κ2) is 8.06. The van der Waals surface area contributed by atoms with Crippen LogP contribution in [0.1, 0.15) is 15.9 Å². The highest BCUT2D eigenvalue weighted by Gasteiger charge is 2.30. The van der Waals surface area contributed by atoms with Crippen molar-refractivity contribution in [2.24, 2.45) is 0 Å². The highest BCUT2D eigenvalue weighted by Crippen LogP contribution is 2.31. The maximum absolute atomic E-state index is 12.7. The molecule has 0 aliphatic carbocycles.